The Hall–Kier alpha value is -2.82. The Morgan fingerprint density at radius 2 is 1.97 bits per heavy atom. The smallest absolute Gasteiger partial charge is 0.397 e. The van der Waals surface area contributed by atoms with Gasteiger partial charge in [-0.3, -0.25) is 4.79 Å². The third-order valence-corrected chi connectivity index (χ3v) is 6.78. The number of oxazole rings is 1. The summed E-state index contributed by atoms with van der Waals surface area (Å²) in [5, 5.41) is 0.335. The molecule has 0 N–H and O–H groups in total. The number of nitrogens with zero attached hydrogens (tertiary/aromatic N) is 5. The van der Waals surface area contributed by atoms with Gasteiger partial charge < -0.3 is 19.0 Å². The van der Waals surface area contributed by atoms with Gasteiger partial charge in [0.15, 0.2) is 11.5 Å². The summed E-state index contributed by atoms with van der Waals surface area (Å²) in [4.78, 5) is 29.4. The van der Waals surface area contributed by atoms with E-state index in [1.54, 1.807) is 24.0 Å². The number of alkyl halides is 3. The molecule has 8 nitrogen and oxygen atoms in total. The zero-order valence-corrected chi connectivity index (χ0v) is 19.2. The quantitative estimate of drug-likeness (QED) is 0.588. The van der Waals surface area contributed by atoms with Gasteiger partial charge in [-0.05, 0) is 31.4 Å². The highest BCUT2D eigenvalue weighted by atomic mass is 35.5. The first-order chi connectivity index (χ1) is 16.1. The number of hydrogen-bond acceptors (Lipinski definition) is 7. The average molecular weight is 498 g/mol. The number of pyridine rings is 1. The monoisotopic (exact) mass is 497 g/mol. The molecule has 4 heterocycles. The molecule has 1 saturated heterocycles. The van der Waals surface area contributed by atoms with Crippen molar-refractivity contribution in [3.8, 4) is 0 Å². The summed E-state index contributed by atoms with van der Waals surface area (Å²) in [5.74, 6) is -0.149. The van der Waals surface area contributed by atoms with E-state index in [1.165, 1.54) is 6.20 Å². The maximum Gasteiger partial charge on any atom is 0.397 e. The number of hydrogen-bond donors (Lipinski definition) is 0. The lowest BCUT2D eigenvalue weighted by Crippen LogP contribution is -2.49. The van der Waals surface area contributed by atoms with Crippen LogP contribution in [0.4, 0.5) is 19.2 Å². The fraction of sp³-hybridized carbons (Fsp3) is 0.545. The normalized spacial score (nSPS) is 22.4. The first-order valence-corrected chi connectivity index (χ1v) is 11.5. The second-order valence-electron chi connectivity index (χ2n) is 9.03. The van der Waals surface area contributed by atoms with Crippen LogP contribution >= 0.6 is 11.6 Å². The molecule has 5 rings (SSSR count). The van der Waals surface area contributed by atoms with Crippen LogP contribution < -0.4 is 4.90 Å². The third-order valence-electron chi connectivity index (χ3n) is 6.57. The van der Waals surface area contributed by atoms with Crippen LogP contribution in [-0.4, -0.2) is 65.6 Å². The zero-order valence-electron chi connectivity index (χ0n) is 18.4. The van der Waals surface area contributed by atoms with Crippen molar-refractivity contribution in [1.82, 2.24) is 14.9 Å². The third kappa shape index (κ3) is 4.33. The van der Waals surface area contributed by atoms with Crippen LogP contribution in [0, 0.1) is 11.3 Å². The predicted molar refractivity (Wildman–Crippen MR) is 119 cm³/mol. The van der Waals surface area contributed by atoms with Crippen molar-refractivity contribution in [1.29, 1.82) is 0 Å². The zero-order chi connectivity index (χ0) is 24.1. The number of carbonyl (C=O) groups is 1. The van der Waals surface area contributed by atoms with Crippen molar-refractivity contribution < 1.29 is 27.1 Å². The van der Waals surface area contributed by atoms with E-state index < -0.39 is 18.2 Å². The second-order valence-corrected chi connectivity index (χ2v) is 9.41. The van der Waals surface area contributed by atoms with Gasteiger partial charge in [0.25, 0.3) is 11.9 Å². The van der Waals surface area contributed by atoms with Gasteiger partial charge in [0.2, 0.25) is 5.65 Å². The van der Waals surface area contributed by atoms with Gasteiger partial charge in [0.1, 0.15) is 17.2 Å². The number of fused-ring (bicyclic) bond motifs is 1. The molecule has 2 fully saturated rings. The molecule has 34 heavy (non-hydrogen) atoms. The predicted octanol–water partition coefficient (Wildman–Crippen LogP) is 4.21. The lowest BCUT2D eigenvalue weighted by molar-refractivity contribution is -0.195. The minimum absolute atomic E-state index is 0.0809. The van der Waals surface area contributed by atoms with E-state index in [-0.39, 0.29) is 30.6 Å². The Morgan fingerprint density at radius 3 is 2.62 bits per heavy atom. The Morgan fingerprint density at radius 1 is 1.24 bits per heavy atom. The fourth-order valence-electron chi connectivity index (χ4n) is 4.16. The van der Waals surface area contributed by atoms with Crippen LogP contribution in [0.5, 0.6) is 0 Å². The van der Waals surface area contributed by atoms with Crippen molar-refractivity contribution in [2.24, 2.45) is 16.3 Å². The van der Waals surface area contributed by atoms with E-state index in [9.17, 15) is 18.0 Å². The maximum atomic E-state index is 13.1. The number of aromatic nitrogens is 2. The number of ether oxygens (including phenoxy) is 1. The SMILES string of the molecule is CC1CC(C(=O)N2CCN(c3nc4nc(Cl)ccc4o3)CC2)=CN=C1OCC1(C(F)(F)F)CC1. The first-order valence-electron chi connectivity index (χ1n) is 11.1. The van der Waals surface area contributed by atoms with Gasteiger partial charge in [0.05, 0.1) is 0 Å². The Bertz CT molecular complexity index is 1170. The van der Waals surface area contributed by atoms with Crippen molar-refractivity contribution >= 4 is 40.7 Å². The minimum Gasteiger partial charge on any atom is -0.480 e. The van der Waals surface area contributed by atoms with Crippen molar-refractivity contribution in [3.05, 3.63) is 29.1 Å². The molecular weight excluding hydrogens is 475 g/mol. The number of halogens is 4. The van der Waals surface area contributed by atoms with Crippen molar-refractivity contribution in [3.63, 3.8) is 0 Å². The summed E-state index contributed by atoms with van der Waals surface area (Å²) >= 11 is 5.90. The van der Waals surface area contributed by atoms with Gasteiger partial charge >= 0.3 is 6.18 Å². The molecule has 2 aromatic heterocycles. The highest BCUT2D eigenvalue weighted by molar-refractivity contribution is 6.29. The standard InChI is InChI=1S/C22H23ClF3N5O3/c1-13-10-14(11-27-18(13)33-12-21(4-5-21)22(24,25)26)19(32)30-6-8-31(9-7-30)20-29-17-15(34-20)2-3-16(23)28-17/h2-3,11,13H,4-10,12H2,1H3. The molecule has 0 spiro atoms. The number of rotatable bonds is 4. The van der Waals surface area contributed by atoms with Crippen LogP contribution in [0.25, 0.3) is 11.2 Å². The topological polar surface area (TPSA) is 84.1 Å². The highest BCUT2D eigenvalue weighted by Crippen LogP contribution is 2.57. The molecule has 2 aliphatic heterocycles. The lowest BCUT2D eigenvalue weighted by atomic mass is 9.98. The van der Waals surface area contributed by atoms with E-state index in [0.717, 1.165) is 0 Å². The molecular formula is C22H23ClF3N5O3. The Labute approximate surface area is 198 Å². The lowest BCUT2D eigenvalue weighted by Gasteiger charge is -2.34. The number of anilines is 1. The van der Waals surface area contributed by atoms with Gasteiger partial charge in [-0.2, -0.15) is 18.2 Å². The van der Waals surface area contributed by atoms with Crippen LogP contribution in [0.2, 0.25) is 5.15 Å². The molecule has 1 unspecified atom stereocenters. The van der Waals surface area contributed by atoms with E-state index in [1.807, 2.05) is 4.90 Å². The summed E-state index contributed by atoms with van der Waals surface area (Å²) in [6, 6.07) is 3.78. The van der Waals surface area contributed by atoms with Crippen molar-refractivity contribution in [2.75, 3.05) is 37.7 Å². The summed E-state index contributed by atoms with van der Waals surface area (Å²) in [5.41, 5.74) is -0.254. The molecule has 1 atom stereocenters. The number of carbonyl (C=O) groups excluding carboxylic acids is 1. The maximum absolute atomic E-state index is 13.1. The molecule has 1 saturated carbocycles. The van der Waals surface area contributed by atoms with Gasteiger partial charge in [-0.15, -0.1) is 0 Å². The summed E-state index contributed by atoms with van der Waals surface area (Å²) in [7, 11) is 0. The van der Waals surface area contributed by atoms with Crippen LogP contribution in [0.1, 0.15) is 26.2 Å². The van der Waals surface area contributed by atoms with Gasteiger partial charge in [0, 0.05) is 43.9 Å². The minimum atomic E-state index is -4.27. The molecule has 1 amide bonds. The number of piperazine rings is 1. The highest BCUT2D eigenvalue weighted by Gasteiger charge is 2.64. The molecule has 0 aromatic carbocycles. The first kappa shape index (κ1) is 22.9. The fourth-order valence-corrected chi connectivity index (χ4v) is 4.30. The van der Waals surface area contributed by atoms with E-state index >= 15 is 0 Å². The van der Waals surface area contributed by atoms with Crippen molar-refractivity contribution in [2.45, 2.75) is 32.4 Å². The molecule has 12 heteroatoms. The number of amides is 1. The van der Waals surface area contributed by atoms with Gasteiger partial charge in [-0.25, -0.2) is 9.98 Å². The molecule has 0 radical (unpaired) electrons. The Kier molecular flexibility index (Phi) is 5.70. The molecule has 3 aliphatic rings. The summed E-state index contributed by atoms with van der Waals surface area (Å²) < 4.78 is 50.6. The number of aliphatic imine (C=N–C) groups is 1. The average Bonchev–Trinajstić information content (AvgIpc) is 3.50. The van der Waals surface area contributed by atoms with Gasteiger partial charge in [-0.1, -0.05) is 18.5 Å². The summed E-state index contributed by atoms with van der Waals surface area (Å²) in [6.45, 7) is 3.39. The molecule has 2 aromatic rings. The van der Waals surface area contributed by atoms with E-state index in [4.69, 9.17) is 20.8 Å². The molecule has 182 valence electrons. The molecule has 1 aliphatic carbocycles. The van der Waals surface area contributed by atoms with Crippen LogP contribution in [-0.2, 0) is 9.53 Å². The van der Waals surface area contributed by atoms with E-state index in [2.05, 4.69) is 15.0 Å². The molecule has 0 bridgehead atoms. The van der Waals surface area contributed by atoms with E-state index in [0.29, 0.717) is 60.6 Å². The second kappa shape index (κ2) is 8.44. The Balaban J connectivity index is 1.18. The van der Waals surface area contributed by atoms with Crippen LogP contribution in [0.3, 0.4) is 0 Å². The largest absolute Gasteiger partial charge is 0.480 e. The van der Waals surface area contributed by atoms with Crippen LogP contribution in [0.15, 0.2) is 33.3 Å². The summed E-state index contributed by atoms with van der Waals surface area (Å²) in [6.07, 6.45) is -2.32.